The van der Waals surface area contributed by atoms with Crippen molar-refractivity contribution in [3.63, 3.8) is 0 Å². The molecule has 0 heterocycles. The SMILES string of the molecule is CCCCC/C=C\C/C=C\C/C=C\C/C=C\CCCCCCCCCC(=O)OC(/C=C\CCCCCCCCCCC)C(COP(=O)([O-])OCC[N+](C)(C)C)NC(=O)CCCCCC/C=C\C/C=C\C/C=C\CCCCC. The van der Waals surface area contributed by atoms with Crippen LogP contribution in [0.1, 0.15) is 265 Å². The number of carbonyl (C=O) groups excluding carboxylic acids is 2. The van der Waals surface area contributed by atoms with E-state index in [0.29, 0.717) is 23.9 Å². The monoisotopic (exact) mass is 1090 g/mol. The largest absolute Gasteiger partial charge is 0.756 e. The number of ether oxygens (including phenoxy) is 1. The first-order chi connectivity index (χ1) is 37.4. The number of unbranched alkanes of at least 4 members (excludes halogenated alkanes) is 26. The van der Waals surface area contributed by atoms with Crippen LogP contribution in [0.4, 0.5) is 0 Å². The Morgan fingerprint density at radius 2 is 0.792 bits per heavy atom. The number of phosphoric ester groups is 1. The number of hydrogen-bond acceptors (Lipinski definition) is 7. The van der Waals surface area contributed by atoms with Gasteiger partial charge in [0, 0.05) is 12.8 Å². The van der Waals surface area contributed by atoms with Crippen LogP contribution >= 0.6 is 7.82 Å². The Bertz CT molecular complexity index is 1640. The summed E-state index contributed by atoms with van der Waals surface area (Å²) < 4.78 is 30.3. The van der Waals surface area contributed by atoms with Crippen LogP contribution in [0.2, 0.25) is 0 Å². The summed E-state index contributed by atoms with van der Waals surface area (Å²) in [7, 11) is 1.15. The Morgan fingerprint density at radius 1 is 0.455 bits per heavy atom. The molecule has 3 unspecified atom stereocenters. The molecule has 9 nitrogen and oxygen atoms in total. The van der Waals surface area contributed by atoms with Gasteiger partial charge in [-0.25, -0.2) is 0 Å². The summed E-state index contributed by atoms with van der Waals surface area (Å²) in [4.78, 5) is 40.0. The first kappa shape index (κ1) is 73.9. The zero-order valence-corrected chi connectivity index (χ0v) is 51.5. The smallest absolute Gasteiger partial charge is 0.306 e. The molecule has 0 aromatic rings. The number of nitrogens with one attached hydrogen (secondary N) is 1. The maximum absolute atomic E-state index is 13.5. The summed E-state index contributed by atoms with van der Waals surface area (Å²) in [6, 6.07) is -0.910. The summed E-state index contributed by atoms with van der Waals surface area (Å²) in [5, 5.41) is 3.01. The van der Waals surface area contributed by atoms with Crippen LogP contribution in [0, 0.1) is 0 Å². The second-order valence-electron chi connectivity index (χ2n) is 22.2. The van der Waals surface area contributed by atoms with Gasteiger partial charge in [0.1, 0.15) is 19.3 Å². The van der Waals surface area contributed by atoms with E-state index in [1.165, 1.54) is 116 Å². The van der Waals surface area contributed by atoms with Crippen molar-refractivity contribution in [2.75, 3.05) is 40.9 Å². The quantitative estimate of drug-likeness (QED) is 0.0212. The van der Waals surface area contributed by atoms with Gasteiger partial charge in [-0.05, 0) is 115 Å². The molecular weight excluding hydrogens is 976 g/mol. The molecule has 0 aliphatic rings. The number of nitrogens with zero attached hydrogens (tertiary/aromatic N) is 1. The number of amides is 1. The number of phosphoric acid groups is 1. The Balaban J connectivity index is 5.25. The van der Waals surface area contributed by atoms with Crippen molar-refractivity contribution in [3.8, 4) is 0 Å². The van der Waals surface area contributed by atoms with Crippen LogP contribution in [0.3, 0.4) is 0 Å². The number of rotatable bonds is 56. The van der Waals surface area contributed by atoms with Crippen molar-refractivity contribution in [3.05, 3.63) is 97.2 Å². The molecule has 0 bridgehead atoms. The Hall–Kier alpha value is -3.07. The van der Waals surface area contributed by atoms with Gasteiger partial charge in [-0.1, -0.05) is 234 Å². The molecule has 0 spiro atoms. The molecule has 0 saturated heterocycles. The zero-order chi connectivity index (χ0) is 56.4. The molecule has 0 saturated carbocycles. The minimum absolute atomic E-state index is 0.0333. The van der Waals surface area contributed by atoms with Crippen molar-refractivity contribution in [1.82, 2.24) is 5.32 Å². The van der Waals surface area contributed by atoms with Gasteiger partial charge in [-0.2, -0.15) is 0 Å². The Morgan fingerprint density at radius 3 is 1.21 bits per heavy atom. The van der Waals surface area contributed by atoms with Gasteiger partial charge >= 0.3 is 5.97 Å². The number of esters is 1. The van der Waals surface area contributed by atoms with Gasteiger partial charge in [-0.3, -0.25) is 14.2 Å². The van der Waals surface area contributed by atoms with E-state index < -0.39 is 26.6 Å². The molecule has 444 valence electrons. The van der Waals surface area contributed by atoms with E-state index in [1.54, 1.807) is 0 Å². The normalized spacial score (nSPS) is 14.3. The minimum Gasteiger partial charge on any atom is -0.756 e. The molecule has 3 atom stereocenters. The highest BCUT2D eigenvalue weighted by molar-refractivity contribution is 7.45. The average Bonchev–Trinajstić information content (AvgIpc) is 3.39. The third-order valence-electron chi connectivity index (χ3n) is 13.5. The van der Waals surface area contributed by atoms with Crippen LogP contribution in [0.5, 0.6) is 0 Å². The van der Waals surface area contributed by atoms with Crippen LogP contribution in [-0.4, -0.2) is 69.4 Å². The fourth-order valence-corrected chi connectivity index (χ4v) is 9.29. The van der Waals surface area contributed by atoms with E-state index in [1.807, 2.05) is 33.3 Å². The van der Waals surface area contributed by atoms with Crippen molar-refractivity contribution in [2.45, 2.75) is 277 Å². The molecule has 0 aliphatic heterocycles. The summed E-state index contributed by atoms with van der Waals surface area (Å²) in [5.41, 5.74) is 0. The van der Waals surface area contributed by atoms with Crippen molar-refractivity contribution in [1.29, 1.82) is 0 Å². The van der Waals surface area contributed by atoms with Gasteiger partial charge in [0.15, 0.2) is 0 Å². The van der Waals surface area contributed by atoms with Crippen molar-refractivity contribution in [2.24, 2.45) is 0 Å². The molecule has 0 aliphatic carbocycles. The minimum atomic E-state index is -4.71. The highest BCUT2D eigenvalue weighted by atomic mass is 31.2. The highest BCUT2D eigenvalue weighted by Gasteiger charge is 2.27. The van der Waals surface area contributed by atoms with E-state index in [-0.39, 0.29) is 31.3 Å². The van der Waals surface area contributed by atoms with Gasteiger partial charge in [0.25, 0.3) is 7.82 Å². The maximum Gasteiger partial charge on any atom is 0.306 e. The summed E-state index contributed by atoms with van der Waals surface area (Å²) >= 11 is 0. The van der Waals surface area contributed by atoms with Gasteiger partial charge < -0.3 is 28.5 Å². The first-order valence-electron chi connectivity index (χ1n) is 31.5. The lowest BCUT2D eigenvalue weighted by atomic mass is 10.1. The highest BCUT2D eigenvalue weighted by Crippen LogP contribution is 2.38. The second-order valence-corrected chi connectivity index (χ2v) is 23.6. The van der Waals surface area contributed by atoms with E-state index in [0.717, 1.165) is 103 Å². The predicted octanol–water partition coefficient (Wildman–Crippen LogP) is 18.9. The molecule has 0 aromatic heterocycles. The van der Waals surface area contributed by atoms with E-state index in [4.69, 9.17) is 13.8 Å². The number of quaternary nitrogens is 1. The summed E-state index contributed by atoms with van der Waals surface area (Å²) in [6.45, 7) is 6.75. The van der Waals surface area contributed by atoms with Crippen LogP contribution in [0.25, 0.3) is 0 Å². The fourth-order valence-electron chi connectivity index (χ4n) is 8.57. The molecule has 1 amide bonds. The van der Waals surface area contributed by atoms with Gasteiger partial charge in [0.2, 0.25) is 5.91 Å². The lowest BCUT2D eigenvalue weighted by Crippen LogP contribution is -2.47. The van der Waals surface area contributed by atoms with Crippen LogP contribution in [-0.2, 0) is 27.9 Å². The topological polar surface area (TPSA) is 114 Å². The zero-order valence-electron chi connectivity index (χ0n) is 50.6. The number of hydrogen-bond donors (Lipinski definition) is 1. The molecule has 0 radical (unpaired) electrons. The molecule has 10 heteroatoms. The lowest BCUT2D eigenvalue weighted by molar-refractivity contribution is -0.870. The molecule has 0 rings (SSSR count). The third-order valence-corrected chi connectivity index (χ3v) is 14.5. The average molecular weight is 1100 g/mol. The van der Waals surface area contributed by atoms with E-state index in [9.17, 15) is 19.0 Å². The lowest BCUT2D eigenvalue weighted by Gasteiger charge is -2.30. The summed E-state index contributed by atoms with van der Waals surface area (Å²) in [6.07, 6.45) is 75.1. The molecular formula is C67H119N2O7P. The molecule has 77 heavy (non-hydrogen) atoms. The second kappa shape index (κ2) is 56.2. The summed E-state index contributed by atoms with van der Waals surface area (Å²) in [5.74, 6) is -0.582. The molecule has 0 aromatic carbocycles. The van der Waals surface area contributed by atoms with Gasteiger partial charge in [-0.15, -0.1) is 0 Å². The fraction of sp³-hybridized carbons (Fsp3) is 0.731. The van der Waals surface area contributed by atoms with E-state index in [2.05, 4.69) is 111 Å². The van der Waals surface area contributed by atoms with Gasteiger partial charge in [0.05, 0.1) is 33.8 Å². The number of likely N-dealkylation sites (N-methyl/N-ethyl adjacent to an activating group) is 1. The number of carbonyl (C=O) groups is 2. The van der Waals surface area contributed by atoms with Crippen molar-refractivity contribution < 1.29 is 37.3 Å². The van der Waals surface area contributed by atoms with Crippen LogP contribution < -0.4 is 10.2 Å². The Kier molecular flexibility index (Phi) is 54.0. The third kappa shape index (κ3) is 57.4. The molecule has 0 fully saturated rings. The van der Waals surface area contributed by atoms with Crippen LogP contribution in [0.15, 0.2) is 97.2 Å². The molecule has 1 N–H and O–H groups in total. The van der Waals surface area contributed by atoms with E-state index >= 15 is 0 Å². The Labute approximate surface area is 475 Å². The first-order valence-corrected chi connectivity index (χ1v) is 33.0. The standard InChI is InChI=1S/C67H119N2O7P/c1-7-10-13-16-19-22-25-27-29-31-32-33-34-35-36-38-40-42-45-48-51-54-57-60-67(71)76-65(58-55-52-49-46-43-24-21-18-15-12-9-3)64(63-75-77(72,73)74-62-61-69(4,5)6)68-66(70)59-56-53-50-47-44-41-39-37-30-28-26-23-20-17-14-11-8-2/h19-20,22-23,27-30,32-33,35-36,39,41,55,58,64-65H,7-18,21,24-26,31,34,37-38,40,42-54,56-57,59-63H2,1-6H3,(H-,68,70,72,73)/b22-19-,23-20-,29-27-,30-28-,33-32-,36-35-,41-39-,58-55-. The predicted molar refractivity (Wildman–Crippen MR) is 330 cm³/mol. The van der Waals surface area contributed by atoms with Crippen molar-refractivity contribution >= 4 is 19.7 Å². The maximum atomic E-state index is 13.5. The number of allylic oxidation sites excluding steroid dienone is 15.